The quantitative estimate of drug-likeness (QED) is 0.383. The van der Waals surface area contributed by atoms with Crippen LogP contribution in [0, 0.1) is 6.92 Å². The van der Waals surface area contributed by atoms with Gasteiger partial charge in [0, 0.05) is 6.54 Å². The van der Waals surface area contributed by atoms with Crippen molar-refractivity contribution in [1.82, 2.24) is 25.9 Å². The van der Waals surface area contributed by atoms with Crippen molar-refractivity contribution in [2.24, 2.45) is 0 Å². The van der Waals surface area contributed by atoms with E-state index in [1.54, 1.807) is 11.6 Å². The van der Waals surface area contributed by atoms with Crippen LogP contribution in [-0.4, -0.2) is 27.3 Å². The SMILES string of the molecule is CCCCCNC(=S)NNC(=O)c1c(C)nn(Cc2ccccc2)c1Cl. The topological polar surface area (TPSA) is 71.0 Å². The van der Waals surface area contributed by atoms with Crippen LogP contribution >= 0.6 is 23.8 Å². The lowest BCUT2D eigenvalue weighted by Crippen LogP contribution is -2.47. The molecule has 6 nitrogen and oxygen atoms in total. The number of thiocarbonyl (C=S) groups is 1. The minimum absolute atomic E-state index is 0.299. The number of halogens is 1. The Balaban J connectivity index is 1.93. The van der Waals surface area contributed by atoms with Crippen molar-refractivity contribution in [1.29, 1.82) is 0 Å². The number of amides is 1. The van der Waals surface area contributed by atoms with E-state index in [1.165, 1.54) is 0 Å². The van der Waals surface area contributed by atoms with E-state index in [1.807, 2.05) is 30.3 Å². The molecule has 0 saturated heterocycles. The van der Waals surface area contributed by atoms with E-state index in [0.29, 0.717) is 28.1 Å². The Hall–Kier alpha value is -2.12. The lowest BCUT2D eigenvalue weighted by molar-refractivity contribution is 0.0943. The van der Waals surface area contributed by atoms with Crippen LogP contribution in [-0.2, 0) is 6.54 Å². The van der Waals surface area contributed by atoms with Crippen molar-refractivity contribution < 1.29 is 4.79 Å². The normalized spacial score (nSPS) is 10.4. The van der Waals surface area contributed by atoms with Crippen molar-refractivity contribution in [2.45, 2.75) is 39.7 Å². The van der Waals surface area contributed by atoms with Gasteiger partial charge in [-0.3, -0.25) is 15.6 Å². The van der Waals surface area contributed by atoms with Gasteiger partial charge in [-0.2, -0.15) is 5.10 Å². The molecule has 2 aromatic rings. The zero-order valence-corrected chi connectivity index (χ0v) is 16.6. The molecule has 0 spiro atoms. The molecule has 26 heavy (non-hydrogen) atoms. The molecule has 0 atom stereocenters. The van der Waals surface area contributed by atoms with Gasteiger partial charge >= 0.3 is 0 Å². The first-order valence-corrected chi connectivity index (χ1v) is 9.42. The van der Waals surface area contributed by atoms with E-state index >= 15 is 0 Å². The van der Waals surface area contributed by atoms with Gasteiger partial charge in [-0.05, 0) is 31.1 Å². The molecule has 0 fully saturated rings. The van der Waals surface area contributed by atoms with E-state index in [-0.39, 0.29) is 5.91 Å². The van der Waals surface area contributed by atoms with Crippen molar-refractivity contribution in [2.75, 3.05) is 6.54 Å². The molecule has 1 aromatic carbocycles. The van der Waals surface area contributed by atoms with E-state index < -0.39 is 0 Å². The molecular formula is C18H24ClN5OS. The Morgan fingerprint density at radius 3 is 2.65 bits per heavy atom. The monoisotopic (exact) mass is 393 g/mol. The highest BCUT2D eigenvalue weighted by atomic mass is 35.5. The summed E-state index contributed by atoms with van der Waals surface area (Å²) in [5.41, 5.74) is 7.22. The molecule has 1 aromatic heterocycles. The Labute approximate surface area is 164 Å². The third-order valence-electron chi connectivity index (χ3n) is 3.82. The summed E-state index contributed by atoms with van der Waals surface area (Å²) >= 11 is 11.5. The van der Waals surface area contributed by atoms with Crippen LogP contribution < -0.4 is 16.2 Å². The average Bonchev–Trinajstić information content (AvgIpc) is 2.91. The van der Waals surface area contributed by atoms with E-state index in [9.17, 15) is 4.79 Å². The highest BCUT2D eigenvalue weighted by molar-refractivity contribution is 7.80. The Morgan fingerprint density at radius 1 is 1.23 bits per heavy atom. The van der Waals surface area contributed by atoms with Gasteiger partial charge in [0.25, 0.3) is 5.91 Å². The molecule has 2 rings (SSSR count). The first-order chi connectivity index (χ1) is 12.5. The van der Waals surface area contributed by atoms with Gasteiger partial charge in [0.2, 0.25) is 0 Å². The summed E-state index contributed by atoms with van der Waals surface area (Å²) in [5, 5.41) is 8.09. The minimum Gasteiger partial charge on any atom is -0.361 e. The van der Waals surface area contributed by atoms with Gasteiger partial charge < -0.3 is 5.32 Å². The van der Waals surface area contributed by atoms with Crippen LogP contribution in [0.15, 0.2) is 30.3 Å². The molecule has 0 saturated carbocycles. The summed E-state index contributed by atoms with van der Waals surface area (Å²) in [5.74, 6) is -0.371. The molecule has 1 amide bonds. The second-order valence-electron chi connectivity index (χ2n) is 5.94. The second-order valence-corrected chi connectivity index (χ2v) is 6.70. The number of rotatable bonds is 7. The molecule has 0 radical (unpaired) electrons. The van der Waals surface area contributed by atoms with Gasteiger partial charge in [0.15, 0.2) is 5.11 Å². The largest absolute Gasteiger partial charge is 0.361 e. The predicted octanol–water partition coefficient (Wildman–Crippen LogP) is 3.19. The first kappa shape index (κ1) is 20.2. The van der Waals surface area contributed by atoms with Crippen LogP contribution in [0.5, 0.6) is 0 Å². The maximum absolute atomic E-state index is 12.4. The van der Waals surface area contributed by atoms with Crippen LogP contribution in [0.3, 0.4) is 0 Å². The van der Waals surface area contributed by atoms with E-state index in [4.69, 9.17) is 23.8 Å². The predicted molar refractivity (Wildman–Crippen MR) is 108 cm³/mol. The zero-order chi connectivity index (χ0) is 18.9. The summed E-state index contributed by atoms with van der Waals surface area (Å²) in [7, 11) is 0. The standard InChI is InChI=1S/C18H24ClN5OS/c1-3-4-8-11-20-18(26)22-21-17(25)15-13(2)23-24(16(15)19)12-14-9-6-5-7-10-14/h5-7,9-10H,3-4,8,11-12H2,1-2H3,(H,21,25)(H2,20,22,26). The van der Waals surface area contributed by atoms with Gasteiger partial charge in [-0.1, -0.05) is 61.7 Å². The summed E-state index contributed by atoms with van der Waals surface area (Å²) in [6.45, 7) is 5.16. The van der Waals surface area contributed by atoms with Crippen molar-refractivity contribution in [3.05, 3.63) is 52.3 Å². The number of aromatic nitrogens is 2. The van der Waals surface area contributed by atoms with Crippen molar-refractivity contribution in [3.63, 3.8) is 0 Å². The molecule has 0 aliphatic rings. The van der Waals surface area contributed by atoms with Crippen molar-refractivity contribution in [3.8, 4) is 0 Å². The second kappa shape index (κ2) is 10.1. The Kier molecular flexibility index (Phi) is 7.87. The van der Waals surface area contributed by atoms with Crippen LogP contribution in [0.2, 0.25) is 5.15 Å². The molecule has 0 unspecified atom stereocenters. The summed E-state index contributed by atoms with van der Waals surface area (Å²) in [4.78, 5) is 12.4. The van der Waals surface area contributed by atoms with Gasteiger partial charge in [-0.25, -0.2) is 4.68 Å². The Bertz CT molecular complexity index is 748. The van der Waals surface area contributed by atoms with E-state index in [2.05, 4.69) is 28.2 Å². The summed E-state index contributed by atoms with van der Waals surface area (Å²) in [6.07, 6.45) is 3.31. The number of hydrogen-bond donors (Lipinski definition) is 3. The maximum Gasteiger partial charge on any atom is 0.274 e. The number of aryl methyl sites for hydroxylation is 1. The van der Waals surface area contributed by atoms with Gasteiger partial charge in [0.1, 0.15) is 10.7 Å². The first-order valence-electron chi connectivity index (χ1n) is 8.64. The number of carbonyl (C=O) groups is 1. The third kappa shape index (κ3) is 5.71. The average molecular weight is 394 g/mol. The Morgan fingerprint density at radius 2 is 1.96 bits per heavy atom. The summed E-state index contributed by atoms with van der Waals surface area (Å²) in [6, 6.07) is 9.81. The van der Waals surface area contributed by atoms with Gasteiger partial charge in [0.05, 0.1) is 12.2 Å². The fraction of sp³-hybridized carbons (Fsp3) is 0.389. The zero-order valence-electron chi connectivity index (χ0n) is 15.0. The summed E-state index contributed by atoms with van der Waals surface area (Å²) < 4.78 is 1.61. The number of benzene rings is 1. The molecule has 3 N–H and O–H groups in total. The molecule has 0 aliphatic heterocycles. The fourth-order valence-corrected chi connectivity index (χ4v) is 2.94. The molecule has 8 heteroatoms. The number of carbonyl (C=O) groups excluding carboxylic acids is 1. The lowest BCUT2D eigenvalue weighted by Gasteiger charge is -2.11. The minimum atomic E-state index is -0.371. The molecular weight excluding hydrogens is 370 g/mol. The fourth-order valence-electron chi connectivity index (χ4n) is 2.47. The molecule has 1 heterocycles. The highest BCUT2D eigenvalue weighted by Crippen LogP contribution is 2.20. The number of hydrogen-bond acceptors (Lipinski definition) is 3. The third-order valence-corrected chi connectivity index (χ3v) is 4.45. The number of hydrazine groups is 1. The highest BCUT2D eigenvalue weighted by Gasteiger charge is 2.20. The number of unbranched alkanes of at least 4 members (excludes halogenated alkanes) is 2. The number of nitrogens with zero attached hydrogens (tertiary/aromatic N) is 2. The van der Waals surface area contributed by atoms with Crippen LogP contribution in [0.25, 0.3) is 0 Å². The van der Waals surface area contributed by atoms with E-state index in [0.717, 1.165) is 31.4 Å². The smallest absolute Gasteiger partial charge is 0.274 e. The molecule has 0 aliphatic carbocycles. The van der Waals surface area contributed by atoms with Crippen molar-refractivity contribution >= 4 is 34.8 Å². The van der Waals surface area contributed by atoms with Gasteiger partial charge in [-0.15, -0.1) is 0 Å². The van der Waals surface area contributed by atoms with Crippen LogP contribution in [0.4, 0.5) is 0 Å². The lowest BCUT2D eigenvalue weighted by atomic mass is 10.2. The maximum atomic E-state index is 12.4. The molecule has 0 bridgehead atoms. The van der Waals surface area contributed by atoms with Crippen LogP contribution in [0.1, 0.15) is 47.8 Å². The number of nitrogens with one attached hydrogen (secondary N) is 3. The molecule has 140 valence electrons.